The molecule has 0 bridgehead atoms. The molecule has 0 atom stereocenters. The lowest BCUT2D eigenvalue weighted by Crippen LogP contribution is -2.41. The molecule has 0 spiro atoms. The van der Waals surface area contributed by atoms with Crippen LogP contribution in [0.15, 0.2) is 36.4 Å². The second-order valence-corrected chi connectivity index (χ2v) is 5.46. The van der Waals surface area contributed by atoms with Crippen molar-refractivity contribution in [2.45, 2.75) is 19.9 Å². The summed E-state index contributed by atoms with van der Waals surface area (Å²) in [7, 11) is 0. The van der Waals surface area contributed by atoms with Crippen LogP contribution in [0.25, 0.3) is 10.9 Å². The summed E-state index contributed by atoms with van der Waals surface area (Å²) in [6, 6.07) is 10.7. The summed E-state index contributed by atoms with van der Waals surface area (Å²) in [6.07, 6.45) is 0. The molecule has 1 aromatic carbocycles. The van der Waals surface area contributed by atoms with Gasteiger partial charge in [-0.1, -0.05) is 24.3 Å². The number of hydrogen-bond acceptors (Lipinski definition) is 5. The molecular formula is C17H19N3O4. The minimum Gasteiger partial charge on any atom is -0.451 e. The summed E-state index contributed by atoms with van der Waals surface area (Å²) in [6.45, 7) is 3.00. The van der Waals surface area contributed by atoms with Gasteiger partial charge in [0.2, 0.25) is 5.91 Å². The second kappa shape index (κ2) is 8.05. The van der Waals surface area contributed by atoms with Crippen molar-refractivity contribution in [3.8, 4) is 0 Å². The summed E-state index contributed by atoms with van der Waals surface area (Å²) < 4.78 is 4.91. The summed E-state index contributed by atoms with van der Waals surface area (Å²) in [4.78, 5) is 39.1. The first-order chi connectivity index (χ1) is 11.5. The standard InChI is InChI=1S/C17H19N3O4/c1-11(2)19-15(21)9-18-16(22)10-24-17(23)14-8-7-12-5-3-4-6-13(12)20-14/h3-8,11H,9-10H2,1-2H3,(H,18,22)(H,19,21). The molecule has 2 aromatic rings. The molecule has 1 heterocycles. The average Bonchev–Trinajstić information content (AvgIpc) is 2.56. The predicted octanol–water partition coefficient (Wildman–Crippen LogP) is 1.03. The molecule has 2 N–H and O–H groups in total. The van der Waals surface area contributed by atoms with Gasteiger partial charge in [0.15, 0.2) is 6.61 Å². The molecule has 2 rings (SSSR count). The van der Waals surface area contributed by atoms with Crippen LogP contribution in [0.4, 0.5) is 0 Å². The van der Waals surface area contributed by atoms with E-state index in [2.05, 4.69) is 15.6 Å². The first-order valence-electron chi connectivity index (χ1n) is 7.54. The van der Waals surface area contributed by atoms with Gasteiger partial charge in [-0.3, -0.25) is 9.59 Å². The molecule has 0 saturated carbocycles. The average molecular weight is 329 g/mol. The van der Waals surface area contributed by atoms with E-state index >= 15 is 0 Å². The third-order valence-electron chi connectivity index (χ3n) is 3.04. The van der Waals surface area contributed by atoms with E-state index < -0.39 is 18.5 Å². The van der Waals surface area contributed by atoms with Crippen LogP contribution in [-0.4, -0.2) is 42.0 Å². The Balaban J connectivity index is 1.83. The molecular weight excluding hydrogens is 310 g/mol. The molecule has 7 nitrogen and oxygen atoms in total. The molecule has 1 aromatic heterocycles. The van der Waals surface area contributed by atoms with Gasteiger partial charge in [-0.2, -0.15) is 0 Å². The maximum atomic E-state index is 11.9. The van der Waals surface area contributed by atoms with E-state index in [1.165, 1.54) is 0 Å². The van der Waals surface area contributed by atoms with E-state index in [1.807, 2.05) is 32.0 Å². The van der Waals surface area contributed by atoms with Crippen molar-refractivity contribution in [3.05, 3.63) is 42.1 Å². The molecule has 24 heavy (non-hydrogen) atoms. The van der Waals surface area contributed by atoms with Crippen molar-refractivity contribution in [2.75, 3.05) is 13.2 Å². The van der Waals surface area contributed by atoms with Crippen LogP contribution in [0.1, 0.15) is 24.3 Å². The number of para-hydroxylation sites is 1. The number of fused-ring (bicyclic) bond motifs is 1. The maximum Gasteiger partial charge on any atom is 0.357 e. The quantitative estimate of drug-likeness (QED) is 0.772. The first-order valence-corrected chi connectivity index (χ1v) is 7.54. The highest BCUT2D eigenvalue weighted by Gasteiger charge is 2.13. The highest BCUT2D eigenvalue weighted by Crippen LogP contribution is 2.12. The lowest BCUT2D eigenvalue weighted by atomic mass is 10.2. The van der Waals surface area contributed by atoms with Gasteiger partial charge in [0.25, 0.3) is 5.91 Å². The number of nitrogens with one attached hydrogen (secondary N) is 2. The molecule has 0 aliphatic heterocycles. The predicted molar refractivity (Wildman–Crippen MR) is 88.3 cm³/mol. The van der Waals surface area contributed by atoms with Gasteiger partial charge in [-0.25, -0.2) is 9.78 Å². The normalized spacial score (nSPS) is 10.5. The number of amides is 2. The molecule has 0 radical (unpaired) electrons. The molecule has 0 saturated heterocycles. The first kappa shape index (κ1) is 17.4. The summed E-state index contributed by atoms with van der Waals surface area (Å²) in [5, 5.41) is 5.92. The summed E-state index contributed by atoms with van der Waals surface area (Å²) >= 11 is 0. The number of ether oxygens (including phenoxy) is 1. The van der Waals surface area contributed by atoms with Gasteiger partial charge in [-0.05, 0) is 26.0 Å². The Bertz CT molecular complexity index is 758. The van der Waals surface area contributed by atoms with E-state index in [0.717, 1.165) is 5.39 Å². The number of benzene rings is 1. The zero-order chi connectivity index (χ0) is 17.5. The van der Waals surface area contributed by atoms with Crippen LogP contribution >= 0.6 is 0 Å². The van der Waals surface area contributed by atoms with Crippen LogP contribution in [0.5, 0.6) is 0 Å². The van der Waals surface area contributed by atoms with Gasteiger partial charge in [0, 0.05) is 11.4 Å². The van der Waals surface area contributed by atoms with E-state index in [1.54, 1.807) is 18.2 Å². The Kier molecular flexibility index (Phi) is 5.83. The topological polar surface area (TPSA) is 97.4 Å². The number of rotatable bonds is 6. The number of esters is 1. The lowest BCUT2D eigenvalue weighted by Gasteiger charge is -2.09. The van der Waals surface area contributed by atoms with Crippen molar-refractivity contribution >= 4 is 28.7 Å². The molecule has 126 valence electrons. The fourth-order valence-electron chi connectivity index (χ4n) is 1.99. The van der Waals surface area contributed by atoms with Crippen LogP contribution in [-0.2, 0) is 14.3 Å². The van der Waals surface area contributed by atoms with Gasteiger partial charge < -0.3 is 15.4 Å². The summed E-state index contributed by atoms with van der Waals surface area (Å²) in [5.74, 6) is -1.55. The van der Waals surface area contributed by atoms with Crippen LogP contribution in [0.2, 0.25) is 0 Å². The van der Waals surface area contributed by atoms with E-state index in [-0.39, 0.29) is 24.2 Å². The van der Waals surface area contributed by atoms with Crippen molar-refractivity contribution < 1.29 is 19.1 Å². The number of hydrogen-bond donors (Lipinski definition) is 2. The number of carbonyl (C=O) groups excluding carboxylic acids is 3. The smallest absolute Gasteiger partial charge is 0.357 e. The number of pyridine rings is 1. The van der Waals surface area contributed by atoms with Crippen LogP contribution in [0, 0.1) is 0 Å². The minimum atomic E-state index is -0.692. The largest absolute Gasteiger partial charge is 0.451 e. The lowest BCUT2D eigenvalue weighted by molar-refractivity contribution is -0.128. The zero-order valence-electron chi connectivity index (χ0n) is 13.5. The zero-order valence-corrected chi connectivity index (χ0v) is 13.5. The molecule has 2 amide bonds. The monoisotopic (exact) mass is 329 g/mol. The SMILES string of the molecule is CC(C)NC(=O)CNC(=O)COC(=O)c1ccc2ccccc2n1. The number of aromatic nitrogens is 1. The molecule has 0 aliphatic carbocycles. The van der Waals surface area contributed by atoms with Crippen molar-refractivity contribution in [1.82, 2.24) is 15.6 Å². The number of nitrogens with zero attached hydrogens (tertiary/aromatic N) is 1. The Morgan fingerprint density at radius 3 is 2.58 bits per heavy atom. The summed E-state index contributed by atoms with van der Waals surface area (Å²) in [5.41, 5.74) is 0.792. The van der Waals surface area contributed by atoms with Crippen molar-refractivity contribution in [2.24, 2.45) is 0 Å². The Labute approximate surface area is 139 Å². The van der Waals surface area contributed by atoms with Crippen molar-refractivity contribution in [3.63, 3.8) is 0 Å². The fourth-order valence-corrected chi connectivity index (χ4v) is 1.99. The molecule has 0 fully saturated rings. The fraction of sp³-hybridized carbons (Fsp3) is 0.294. The van der Waals surface area contributed by atoms with E-state index in [9.17, 15) is 14.4 Å². The second-order valence-electron chi connectivity index (χ2n) is 5.46. The van der Waals surface area contributed by atoms with E-state index in [4.69, 9.17) is 4.74 Å². The van der Waals surface area contributed by atoms with Crippen LogP contribution in [0.3, 0.4) is 0 Å². The molecule has 7 heteroatoms. The van der Waals surface area contributed by atoms with Gasteiger partial charge >= 0.3 is 5.97 Å². The minimum absolute atomic E-state index is 0.00814. The number of carbonyl (C=O) groups is 3. The highest BCUT2D eigenvalue weighted by atomic mass is 16.5. The van der Waals surface area contributed by atoms with Gasteiger partial charge in [0.05, 0.1) is 12.1 Å². The van der Waals surface area contributed by atoms with Crippen LogP contribution < -0.4 is 10.6 Å². The Hall–Kier alpha value is -2.96. The van der Waals surface area contributed by atoms with Gasteiger partial charge in [0.1, 0.15) is 5.69 Å². The Morgan fingerprint density at radius 2 is 1.83 bits per heavy atom. The van der Waals surface area contributed by atoms with E-state index in [0.29, 0.717) is 5.52 Å². The Morgan fingerprint density at radius 1 is 1.08 bits per heavy atom. The third kappa shape index (κ3) is 5.05. The maximum absolute atomic E-state index is 11.9. The molecule has 0 unspecified atom stereocenters. The van der Waals surface area contributed by atoms with Gasteiger partial charge in [-0.15, -0.1) is 0 Å². The molecule has 0 aliphatic rings. The highest BCUT2D eigenvalue weighted by molar-refractivity contribution is 5.93. The third-order valence-corrected chi connectivity index (χ3v) is 3.04. The van der Waals surface area contributed by atoms with Crippen molar-refractivity contribution in [1.29, 1.82) is 0 Å².